The fourth-order valence-electron chi connectivity index (χ4n) is 1.82. The molecule has 0 radical (unpaired) electrons. The first-order valence-electron chi connectivity index (χ1n) is 6.63. The van der Waals surface area contributed by atoms with Crippen LogP contribution in [0, 0.1) is 0 Å². The molecule has 0 aliphatic rings. The van der Waals surface area contributed by atoms with E-state index >= 15 is 0 Å². The minimum atomic E-state index is -1.76. The molecule has 0 saturated carbocycles. The van der Waals surface area contributed by atoms with Crippen LogP contribution in [0.15, 0.2) is 12.1 Å². The van der Waals surface area contributed by atoms with E-state index in [-0.39, 0.29) is 0 Å². The summed E-state index contributed by atoms with van der Waals surface area (Å²) < 4.78 is 1.73. The van der Waals surface area contributed by atoms with E-state index in [1.807, 2.05) is 0 Å². The zero-order chi connectivity index (χ0) is 12.0. The van der Waals surface area contributed by atoms with Crippen LogP contribution < -0.4 is 2.89 Å². The summed E-state index contributed by atoms with van der Waals surface area (Å²) in [5.74, 6) is 0. The van der Waals surface area contributed by atoms with Gasteiger partial charge < -0.3 is 0 Å². The Bertz CT molecular complexity index is 296. The molecule has 0 spiro atoms. The van der Waals surface area contributed by atoms with Gasteiger partial charge in [-0.2, -0.15) is 0 Å². The maximum absolute atomic E-state index is 2.51. The zero-order valence-corrected chi connectivity index (χ0v) is 15.0. The van der Waals surface area contributed by atoms with Crippen LogP contribution in [0.5, 0.6) is 0 Å². The second-order valence-electron chi connectivity index (χ2n) is 5.68. The molecule has 0 N–H and O–H groups in total. The number of unbranched alkanes of at least 4 members (excludes halogenated alkanes) is 4. The van der Waals surface area contributed by atoms with E-state index in [0.29, 0.717) is 0 Å². The van der Waals surface area contributed by atoms with E-state index in [4.69, 9.17) is 0 Å². The summed E-state index contributed by atoms with van der Waals surface area (Å²) in [4.78, 5) is 9.14. The van der Waals surface area contributed by atoms with Crippen molar-refractivity contribution in [3.05, 3.63) is 17.0 Å². The van der Waals surface area contributed by atoms with Crippen molar-refractivity contribution in [1.29, 1.82) is 0 Å². The topological polar surface area (TPSA) is 0 Å². The Kier molecular flexibility index (Phi) is 6.41. The third-order valence-electron chi connectivity index (χ3n) is 2.93. The van der Waals surface area contributed by atoms with Gasteiger partial charge in [0.15, 0.2) is 0 Å². The summed E-state index contributed by atoms with van der Waals surface area (Å²) in [6.45, 7) is 2.28. The molecule has 0 amide bonds. The molecule has 0 aliphatic heterocycles. The minimum absolute atomic E-state index is 1.32. The summed E-state index contributed by atoms with van der Waals surface area (Å²) in [6, 6.07) is 4.78. The van der Waals surface area contributed by atoms with Gasteiger partial charge >= 0.3 is 110 Å². The first-order chi connectivity index (χ1) is 7.54. The van der Waals surface area contributed by atoms with E-state index in [2.05, 4.69) is 45.2 Å². The van der Waals surface area contributed by atoms with Crippen LogP contribution in [-0.2, 0) is 6.42 Å². The van der Waals surface area contributed by atoms with Gasteiger partial charge in [-0.15, -0.1) is 0 Å². The van der Waals surface area contributed by atoms with Crippen molar-refractivity contribution >= 4 is 32.6 Å². The molecule has 16 heavy (non-hydrogen) atoms. The van der Waals surface area contributed by atoms with Gasteiger partial charge in [0.25, 0.3) is 0 Å². The van der Waals surface area contributed by atoms with Crippen molar-refractivity contribution in [1.82, 2.24) is 0 Å². The van der Waals surface area contributed by atoms with Crippen LogP contribution in [0.1, 0.15) is 43.9 Å². The maximum atomic E-state index is 2.51. The number of thiophene rings is 1. The molecule has 1 heterocycles. The molecule has 1 aromatic rings. The van der Waals surface area contributed by atoms with Crippen LogP contribution in [0.3, 0.4) is 0 Å². The van der Waals surface area contributed by atoms with Gasteiger partial charge in [0.05, 0.1) is 0 Å². The number of aryl methyl sites for hydroxylation is 1. The van der Waals surface area contributed by atoms with Crippen LogP contribution in [0.2, 0.25) is 14.8 Å². The third-order valence-corrected chi connectivity index (χ3v) is 13.6. The van der Waals surface area contributed by atoms with Crippen molar-refractivity contribution in [3.8, 4) is 0 Å². The van der Waals surface area contributed by atoms with Crippen LogP contribution in [0.25, 0.3) is 0 Å². The van der Waals surface area contributed by atoms with Gasteiger partial charge in [-0.3, -0.25) is 0 Å². The van der Waals surface area contributed by atoms with E-state index < -0.39 is 18.4 Å². The molecule has 2 heteroatoms. The van der Waals surface area contributed by atoms with Gasteiger partial charge in [-0.25, -0.2) is 0 Å². The molecule has 0 aliphatic carbocycles. The SMILES string of the molecule is CCCCCCCc1cc[c]([Sn]([CH3])([CH3])[CH3])s1. The molecule has 0 atom stereocenters. The monoisotopic (exact) mass is 346 g/mol. The number of rotatable bonds is 7. The standard InChI is InChI=1S/C11H17S.3CH3.Sn/c1-2-3-4-5-6-8-11-9-7-10-12-11;;;;/h7,9H,2-6,8H2,1H3;3*1H3;. The first-order valence-corrected chi connectivity index (χ1v) is 17.4. The molecule has 1 aromatic heterocycles. The molecule has 92 valence electrons. The van der Waals surface area contributed by atoms with Gasteiger partial charge in [-0.1, -0.05) is 0 Å². The van der Waals surface area contributed by atoms with Crippen molar-refractivity contribution in [2.24, 2.45) is 0 Å². The predicted octanol–water partition coefficient (Wildman–Crippen LogP) is 4.81. The Morgan fingerprint density at radius 2 is 1.69 bits per heavy atom. The van der Waals surface area contributed by atoms with E-state index in [1.165, 1.54) is 38.5 Å². The van der Waals surface area contributed by atoms with Crippen molar-refractivity contribution in [3.63, 3.8) is 0 Å². The van der Waals surface area contributed by atoms with Gasteiger partial charge in [0.1, 0.15) is 0 Å². The van der Waals surface area contributed by atoms with Crippen molar-refractivity contribution < 1.29 is 0 Å². The summed E-state index contributed by atoms with van der Waals surface area (Å²) in [7, 11) is 0. The summed E-state index contributed by atoms with van der Waals surface area (Å²) in [5.41, 5.74) is 0. The number of hydrogen-bond donors (Lipinski definition) is 0. The first kappa shape index (κ1) is 14.6. The quantitative estimate of drug-likeness (QED) is 0.492. The predicted molar refractivity (Wildman–Crippen MR) is 79.8 cm³/mol. The molecule has 0 fully saturated rings. The Hall–Kier alpha value is 0.499. The average molecular weight is 345 g/mol. The third kappa shape index (κ3) is 5.22. The molecule has 0 unspecified atom stereocenters. The van der Waals surface area contributed by atoms with Gasteiger partial charge in [0, 0.05) is 0 Å². The zero-order valence-electron chi connectivity index (χ0n) is 11.3. The fraction of sp³-hybridized carbons (Fsp3) is 0.714. The van der Waals surface area contributed by atoms with Crippen LogP contribution in [-0.4, -0.2) is 18.4 Å². The van der Waals surface area contributed by atoms with E-state index in [1.54, 1.807) is 7.77 Å². The second-order valence-corrected chi connectivity index (χ2v) is 22.3. The molecular weight excluding hydrogens is 319 g/mol. The Balaban J connectivity index is 2.30. The van der Waals surface area contributed by atoms with Gasteiger partial charge in [0.2, 0.25) is 0 Å². The van der Waals surface area contributed by atoms with Gasteiger partial charge in [-0.05, 0) is 0 Å². The van der Waals surface area contributed by atoms with E-state index in [0.717, 1.165) is 0 Å². The van der Waals surface area contributed by atoms with Crippen molar-refractivity contribution in [2.45, 2.75) is 60.3 Å². The van der Waals surface area contributed by atoms with E-state index in [9.17, 15) is 0 Å². The molecule has 0 bridgehead atoms. The summed E-state index contributed by atoms with van der Waals surface area (Å²) >= 11 is 0.337. The molecular formula is C14H26SSn. The Morgan fingerprint density at radius 3 is 2.25 bits per heavy atom. The molecule has 1 rings (SSSR count). The molecule has 0 saturated heterocycles. The normalized spacial score (nSPS) is 12.0. The Morgan fingerprint density at radius 1 is 1.00 bits per heavy atom. The fourth-order valence-corrected chi connectivity index (χ4v) is 8.33. The van der Waals surface area contributed by atoms with Crippen LogP contribution in [0.4, 0.5) is 0 Å². The van der Waals surface area contributed by atoms with Crippen LogP contribution >= 0.6 is 11.3 Å². The number of hydrogen-bond acceptors (Lipinski definition) is 1. The molecule has 0 nitrogen and oxygen atoms in total. The average Bonchev–Trinajstić information content (AvgIpc) is 2.65. The second kappa shape index (κ2) is 7.05. The Labute approximate surface area is 109 Å². The molecule has 0 aromatic carbocycles. The summed E-state index contributed by atoms with van der Waals surface area (Å²) in [6.07, 6.45) is 8.30. The summed E-state index contributed by atoms with van der Waals surface area (Å²) in [5, 5.41) is 0. The van der Waals surface area contributed by atoms with Crippen molar-refractivity contribution in [2.75, 3.05) is 0 Å².